The Morgan fingerprint density at radius 1 is 0.939 bits per heavy atom. The van der Waals surface area contributed by atoms with Gasteiger partial charge >= 0.3 is 0 Å². The summed E-state index contributed by atoms with van der Waals surface area (Å²) in [6.45, 7) is 9.58. The molecule has 3 aromatic carbocycles. The van der Waals surface area contributed by atoms with Crippen LogP contribution in [0.1, 0.15) is 35.6 Å². The molecule has 0 aliphatic carbocycles. The predicted octanol–water partition coefficient (Wildman–Crippen LogP) is 5.52. The molecule has 33 heavy (non-hydrogen) atoms. The van der Waals surface area contributed by atoms with Gasteiger partial charge in [-0.1, -0.05) is 31.2 Å². The van der Waals surface area contributed by atoms with Crippen molar-refractivity contribution in [1.29, 1.82) is 0 Å². The first-order valence-corrected chi connectivity index (χ1v) is 12.3. The highest BCUT2D eigenvalue weighted by atomic mass is 32.2. The highest BCUT2D eigenvalue weighted by Gasteiger charge is 2.20. The summed E-state index contributed by atoms with van der Waals surface area (Å²) in [5.74, 6) is 0.387. The smallest absolute Gasteiger partial charge is 0.265 e. The fourth-order valence-corrected chi connectivity index (χ4v) is 4.44. The number of hydrogen-bond donors (Lipinski definition) is 2. The summed E-state index contributed by atoms with van der Waals surface area (Å²) in [5, 5.41) is 2.81. The lowest BCUT2D eigenvalue weighted by molar-refractivity contribution is -0.122. The third-order valence-electron chi connectivity index (χ3n) is 5.56. The van der Waals surface area contributed by atoms with Crippen molar-refractivity contribution >= 4 is 27.3 Å². The second kappa shape index (κ2) is 10.1. The van der Waals surface area contributed by atoms with Gasteiger partial charge in [0.25, 0.3) is 15.9 Å². The monoisotopic (exact) mass is 466 g/mol. The highest BCUT2D eigenvalue weighted by molar-refractivity contribution is 7.92. The highest BCUT2D eigenvalue weighted by Crippen LogP contribution is 2.24. The number of benzene rings is 3. The molecule has 2 N–H and O–H groups in total. The van der Waals surface area contributed by atoms with Gasteiger partial charge in [-0.2, -0.15) is 0 Å². The van der Waals surface area contributed by atoms with Crippen LogP contribution in [-0.2, 0) is 14.8 Å². The van der Waals surface area contributed by atoms with Crippen molar-refractivity contribution in [1.82, 2.24) is 0 Å². The summed E-state index contributed by atoms with van der Waals surface area (Å²) < 4.78 is 34.2. The van der Waals surface area contributed by atoms with Crippen LogP contribution >= 0.6 is 0 Å². The molecule has 0 fully saturated rings. The van der Waals surface area contributed by atoms with E-state index in [-0.39, 0.29) is 10.8 Å². The van der Waals surface area contributed by atoms with Crippen LogP contribution in [0.15, 0.2) is 65.6 Å². The number of carbonyl (C=O) groups excluding carboxylic acids is 1. The molecule has 1 atom stereocenters. The Morgan fingerprint density at radius 2 is 1.64 bits per heavy atom. The largest absolute Gasteiger partial charge is 0.480 e. The number of hydrogen-bond acceptors (Lipinski definition) is 4. The van der Waals surface area contributed by atoms with Gasteiger partial charge in [0.15, 0.2) is 6.10 Å². The van der Waals surface area contributed by atoms with Crippen LogP contribution < -0.4 is 14.8 Å². The first kappa shape index (κ1) is 24.3. The first-order valence-electron chi connectivity index (χ1n) is 10.8. The van der Waals surface area contributed by atoms with Gasteiger partial charge in [-0.05, 0) is 92.8 Å². The zero-order valence-corrected chi connectivity index (χ0v) is 20.4. The summed E-state index contributed by atoms with van der Waals surface area (Å²) in [6, 6.07) is 17.4. The third-order valence-corrected chi connectivity index (χ3v) is 6.94. The minimum Gasteiger partial charge on any atom is -0.480 e. The van der Waals surface area contributed by atoms with Crippen LogP contribution in [0, 0.1) is 27.7 Å². The van der Waals surface area contributed by atoms with Gasteiger partial charge in [-0.15, -0.1) is 0 Å². The molecule has 3 rings (SSSR count). The molecule has 0 radical (unpaired) electrons. The van der Waals surface area contributed by atoms with Gasteiger partial charge in [0.1, 0.15) is 5.75 Å². The van der Waals surface area contributed by atoms with Crippen molar-refractivity contribution < 1.29 is 17.9 Å². The van der Waals surface area contributed by atoms with Crippen LogP contribution in [0.4, 0.5) is 11.4 Å². The minimum absolute atomic E-state index is 0.111. The third kappa shape index (κ3) is 5.93. The molecule has 0 aromatic heterocycles. The number of ether oxygens (including phenoxy) is 1. The second-order valence-electron chi connectivity index (χ2n) is 8.15. The van der Waals surface area contributed by atoms with E-state index in [1.54, 1.807) is 18.2 Å². The second-order valence-corrected chi connectivity index (χ2v) is 9.83. The number of anilines is 2. The number of nitrogens with one attached hydrogen (secondary N) is 2. The minimum atomic E-state index is -3.76. The van der Waals surface area contributed by atoms with Crippen LogP contribution in [0.25, 0.3) is 0 Å². The molecule has 3 aromatic rings. The molecule has 0 heterocycles. The molecule has 0 saturated carbocycles. The maximum atomic E-state index is 12.8. The number of amides is 1. The summed E-state index contributed by atoms with van der Waals surface area (Å²) in [4.78, 5) is 12.9. The predicted molar refractivity (Wildman–Crippen MR) is 132 cm³/mol. The quantitative estimate of drug-likeness (QED) is 0.458. The van der Waals surface area contributed by atoms with Crippen LogP contribution in [0.5, 0.6) is 5.75 Å². The Labute approximate surface area is 196 Å². The average molecular weight is 467 g/mol. The van der Waals surface area contributed by atoms with Crippen LogP contribution in [-0.4, -0.2) is 20.4 Å². The Bertz CT molecular complexity index is 1250. The van der Waals surface area contributed by atoms with Gasteiger partial charge in [0.05, 0.1) is 10.6 Å². The van der Waals surface area contributed by atoms with E-state index in [2.05, 4.69) is 10.0 Å². The molecule has 0 bridgehead atoms. The molecule has 1 amide bonds. The molecular formula is C26H30N2O4S. The van der Waals surface area contributed by atoms with Crippen LogP contribution in [0.2, 0.25) is 0 Å². The van der Waals surface area contributed by atoms with E-state index < -0.39 is 16.1 Å². The maximum Gasteiger partial charge on any atom is 0.265 e. The molecule has 0 saturated heterocycles. The lowest BCUT2D eigenvalue weighted by Crippen LogP contribution is -2.32. The maximum absolute atomic E-state index is 12.8. The van der Waals surface area contributed by atoms with Crippen molar-refractivity contribution in [2.45, 2.75) is 52.0 Å². The number of sulfonamides is 1. The SMILES string of the molecule is CC[C@H](Oc1cccc(C)c1C)C(=O)Nc1ccc(S(=O)(=O)Nc2cc(C)ccc2C)cc1. The molecular weight excluding hydrogens is 436 g/mol. The summed E-state index contributed by atoms with van der Waals surface area (Å²) >= 11 is 0. The van der Waals surface area contributed by atoms with Gasteiger partial charge in [-0.25, -0.2) is 8.42 Å². The van der Waals surface area contributed by atoms with E-state index in [0.29, 0.717) is 23.5 Å². The van der Waals surface area contributed by atoms with Gasteiger partial charge in [-0.3, -0.25) is 9.52 Å². The Morgan fingerprint density at radius 3 is 2.30 bits per heavy atom. The van der Waals surface area contributed by atoms with E-state index in [1.165, 1.54) is 12.1 Å². The number of carbonyl (C=O) groups is 1. The van der Waals surface area contributed by atoms with Crippen molar-refractivity contribution in [3.05, 3.63) is 82.9 Å². The van der Waals surface area contributed by atoms with Crippen molar-refractivity contribution in [3.63, 3.8) is 0 Å². The molecule has 174 valence electrons. The molecule has 7 heteroatoms. The Balaban J connectivity index is 1.70. The fraction of sp³-hybridized carbons (Fsp3) is 0.269. The molecule has 0 unspecified atom stereocenters. The normalized spacial score (nSPS) is 12.2. The van der Waals surface area contributed by atoms with E-state index in [9.17, 15) is 13.2 Å². The van der Waals surface area contributed by atoms with E-state index in [0.717, 1.165) is 22.3 Å². The zero-order chi connectivity index (χ0) is 24.2. The van der Waals surface area contributed by atoms with E-state index in [1.807, 2.05) is 65.0 Å². The zero-order valence-electron chi connectivity index (χ0n) is 19.6. The number of rotatable bonds is 8. The lowest BCUT2D eigenvalue weighted by Gasteiger charge is -2.19. The molecule has 0 aliphatic rings. The van der Waals surface area contributed by atoms with Gasteiger partial charge in [0.2, 0.25) is 0 Å². The molecule has 0 spiro atoms. The average Bonchev–Trinajstić information content (AvgIpc) is 2.77. The van der Waals surface area contributed by atoms with Crippen molar-refractivity contribution in [2.24, 2.45) is 0 Å². The molecule has 0 aliphatic heterocycles. The lowest BCUT2D eigenvalue weighted by atomic mass is 10.1. The van der Waals surface area contributed by atoms with Gasteiger partial charge in [0, 0.05) is 5.69 Å². The Hall–Kier alpha value is -3.32. The summed E-state index contributed by atoms with van der Waals surface area (Å²) in [5.41, 5.74) is 4.92. The standard InChI is InChI=1S/C26H30N2O4S/c1-6-24(32-25-9-7-8-18(3)20(25)5)26(29)27-21-12-14-22(15-13-21)33(30,31)28-23-16-17(2)10-11-19(23)4/h7-16,24,28H,6H2,1-5H3,(H,27,29)/t24-/m0/s1. The van der Waals surface area contributed by atoms with Gasteiger partial charge < -0.3 is 10.1 Å². The van der Waals surface area contributed by atoms with E-state index >= 15 is 0 Å². The molecule has 6 nitrogen and oxygen atoms in total. The van der Waals surface area contributed by atoms with E-state index in [4.69, 9.17) is 4.74 Å². The van der Waals surface area contributed by atoms with Crippen molar-refractivity contribution in [2.75, 3.05) is 10.0 Å². The number of aryl methyl sites for hydroxylation is 3. The Kier molecular flexibility index (Phi) is 7.43. The first-order chi connectivity index (χ1) is 15.6. The topological polar surface area (TPSA) is 84.5 Å². The summed E-state index contributed by atoms with van der Waals surface area (Å²) in [6.07, 6.45) is -0.175. The summed E-state index contributed by atoms with van der Waals surface area (Å²) in [7, 11) is -3.76. The fourth-order valence-electron chi connectivity index (χ4n) is 3.32. The van der Waals surface area contributed by atoms with Crippen molar-refractivity contribution in [3.8, 4) is 5.75 Å². The van der Waals surface area contributed by atoms with Crippen LogP contribution in [0.3, 0.4) is 0 Å².